The first-order chi connectivity index (χ1) is 30.2. The molecule has 2 saturated heterocycles. The summed E-state index contributed by atoms with van der Waals surface area (Å²) in [6, 6.07) is 4.47. The number of phenolic OH excluding ortho intramolecular Hbond substituents is 4. The van der Waals surface area contributed by atoms with Crippen molar-refractivity contribution in [3.05, 3.63) is 40.1 Å². The third-order valence-corrected chi connectivity index (χ3v) is 12.1. The smallest absolute Gasteiger partial charge is 0.239 e. The lowest BCUT2D eigenvalue weighted by molar-refractivity contribution is -0.318. The summed E-state index contributed by atoms with van der Waals surface area (Å²) in [6.45, 7) is 3.70. The SMILES string of the molecule is CCCCCCCCCCCCCCCCCCNCc1c(O)cc(O)c2c(=O)c(OC3OC(COC4OC(C)C(O)C(O)C4O)C(O)C(O)C3O)c(-c3ccc(O)c(O)c3)oc12. The number of fused-ring (bicyclic) bond motifs is 1. The van der Waals surface area contributed by atoms with Gasteiger partial charge in [0.05, 0.1) is 18.3 Å². The van der Waals surface area contributed by atoms with Crippen molar-refractivity contribution in [2.75, 3.05) is 13.2 Å². The van der Waals surface area contributed by atoms with E-state index in [0.29, 0.717) is 6.54 Å². The summed E-state index contributed by atoms with van der Waals surface area (Å²) in [5.41, 5.74) is -1.10. The van der Waals surface area contributed by atoms with E-state index >= 15 is 0 Å². The van der Waals surface area contributed by atoms with Crippen LogP contribution in [0.15, 0.2) is 33.5 Å². The molecule has 0 aliphatic carbocycles. The molecule has 10 unspecified atom stereocenters. The van der Waals surface area contributed by atoms with Crippen LogP contribution in [-0.4, -0.2) is 126 Å². The Hall–Kier alpha value is -3.75. The number of benzene rings is 2. The summed E-state index contributed by atoms with van der Waals surface area (Å²) < 4.78 is 28.9. The van der Waals surface area contributed by atoms with E-state index < -0.39 is 102 Å². The van der Waals surface area contributed by atoms with Crippen LogP contribution in [0.4, 0.5) is 0 Å². The van der Waals surface area contributed by atoms with Gasteiger partial charge in [0.2, 0.25) is 17.5 Å². The highest BCUT2D eigenvalue weighted by molar-refractivity contribution is 5.91. The van der Waals surface area contributed by atoms with E-state index in [0.717, 1.165) is 37.5 Å². The van der Waals surface area contributed by atoms with Crippen LogP contribution in [0, 0.1) is 0 Å². The maximum Gasteiger partial charge on any atom is 0.239 e. The van der Waals surface area contributed by atoms with Gasteiger partial charge in [-0.1, -0.05) is 103 Å². The predicted octanol–water partition coefficient (Wildman–Crippen LogP) is 4.66. The van der Waals surface area contributed by atoms with E-state index in [9.17, 15) is 55.9 Å². The van der Waals surface area contributed by atoms with E-state index in [1.807, 2.05) is 0 Å². The highest BCUT2D eigenvalue weighted by Gasteiger charge is 2.48. The summed E-state index contributed by atoms with van der Waals surface area (Å²) in [5.74, 6) is -3.17. The molecule has 3 aromatic rings. The maximum atomic E-state index is 14.3. The first kappa shape index (κ1) is 50.3. The molecular weight excluding hydrogens is 822 g/mol. The summed E-state index contributed by atoms with van der Waals surface area (Å²) in [5, 5.41) is 108. The van der Waals surface area contributed by atoms with E-state index in [2.05, 4.69) is 12.2 Å². The van der Waals surface area contributed by atoms with E-state index in [4.69, 9.17) is 23.4 Å². The highest BCUT2D eigenvalue weighted by atomic mass is 16.7. The van der Waals surface area contributed by atoms with Crippen LogP contribution in [0.2, 0.25) is 0 Å². The molecule has 5 rings (SSSR count). The summed E-state index contributed by atoms with van der Waals surface area (Å²) >= 11 is 0. The average Bonchev–Trinajstić information content (AvgIpc) is 3.26. The third kappa shape index (κ3) is 13.2. The van der Waals surface area contributed by atoms with E-state index in [-0.39, 0.29) is 34.8 Å². The Labute approximate surface area is 367 Å². The summed E-state index contributed by atoms with van der Waals surface area (Å²) in [7, 11) is 0. The van der Waals surface area contributed by atoms with Gasteiger partial charge in [-0.05, 0) is 38.1 Å². The zero-order valence-electron chi connectivity index (χ0n) is 36.4. The average molecular weight is 892 g/mol. The van der Waals surface area contributed by atoms with Gasteiger partial charge < -0.3 is 79.7 Å². The molecule has 63 heavy (non-hydrogen) atoms. The van der Waals surface area contributed by atoms with Gasteiger partial charge in [0, 0.05) is 18.2 Å². The highest BCUT2D eigenvalue weighted by Crippen LogP contribution is 2.41. The van der Waals surface area contributed by atoms with Crippen LogP contribution >= 0.6 is 0 Å². The second-order valence-electron chi connectivity index (χ2n) is 17.0. The third-order valence-electron chi connectivity index (χ3n) is 12.1. The maximum absolute atomic E-state index is 14.3. The normalized spacial score (nSPS) is 26.3. The molecule has 354 valence electrons. The Kier molecular flexibility index (Phi) is 19.6. The number of hydrogen-bond acceptors (Lipinski definition) is 17. The zero-order valence-corrected chi connectivity index (χ0v) is 36.4. The number of hydrogen-bond donors (Lipinski definition) is 11. The summed E-state index contributed by atoms with van der Waals surface area (Å²) in [6.07, 6.45) is 3.64. The molecular formula is C46H69NO16. The number of rotatable bonds is 25. The molecule has 2 aliphatic heterocycles. The van der Waals surface area contributed by atoms with Crippen molar-refractivity contribution in [3.63, 3.8) is 0 Å². The van der Waals surface area contributed by atoms with Gasteiger partial charge >= 0.3 is 0 Å². The second kappa shape index (κ2) is 24.5. The molecule has 0 saturated carbocycles. The molecule has 17 heteroatoms. The van der Waals surface area contributed by atoms with E-state index in [1.165, 1.54) is 96.5 Å². The Morgan fingerprint density at radius 1 is 0.619 bits per heavy atom. The fourth-order valence-corrected chi connectivity index (χ4v) is 8.12. The lowest BCUT2D eigenvalue weighted by atomic mass is 9.98. The lowest BCUT2D eigenvalue weighted by Gasteiger charge is -2.42. The van der Waals surface area contributed by atoms with Crippen LogP contribution in [0.3, 0.4) is 0 Å². The van der Waals surface area contributed by atoms with Crippen molar-refractivity contribution in [2.24, 2.45) is 0 Å². The summed E-state index contributed by atoms with van der Waals surface area (Å²) in [4.78, 5) is 14.3. The number of aromatic hydroxyl groups is 4. The molecule has 3 heterocycles. The molecule has 0 bridgehead atoms. The number of phenols is 4. The fourth-order valence-electron chi connectivity index (χ4n) is 8.12. The molecule has 17 nitrogen and oxygen atoms in total. The Bertz CT molecular complexity index is 1930. The van der Waals surface area contributed by atoms with Gasteiger partial charge in [0.15, 0.2) is 29.1 Å². The molecule has 0 amide bonds. The van der Waals surface area contributed by atoms with Crippen molar-refractivity contribution in [3.8, 4) is 40.1 Å². The minimum absolute atomic E-state index is 0.0155. The van der Waals surface area contributed by atoms with E-state index in [1.54, 1.807) is 0 Å². The molecule has 0 radical (unpaired) electrons. The lowest BCUT2D eigenvalue weighted by Crippen LogP contribution is -2.61. The van der Waals surface area contributed by atoms with Gasteiger partial charge in [-0.15, -0.1) is 0 Å². The quantitative estimate of drug-likeness (QED) is 0.0407. The largest absolute Gasteiger partial charge is 0.507 e. The topological polar surface area (TPSA) is 281 Å². The van der Waals surface area contributed by atoms with Crippen LogP contribution in [-0.2, 0) is 20.8 Å². The Balaban J connectivity index is 1.24. The van der Waals surface area contributed by atoms with Crippen molar-refractivity contribution >= 4 is 11.0 Å². The Morgan fingerprint density at radius 3 is 1.79 bits per heavy atom. The fraction of sp³-hybridized carbons (Fsp3) is 0.674. The molecule has 2 aliphatic rings. The van der Waals surface area contributed by atoms with Crippen molar-refractivity contribution in [1.29, 1.82) is 0 Å². The molecule has 0 spiro atoms. The number of unbranched alkanes of at least 4 members (excludes halogenated alkanes) is 15. The van der Waals surface area contributed by atoms with Crippen molar-refractivity contribution < 1.29 is 74.4 Å². The molecule has 2 fully saturated rings. The van der Waals surface area contributed by atoms with Crippen LogP contribution in [0.25, 0.3) is 22.3 Å². The molecule has 11 N–H and O–H groups in total. The first-order valence-electron chi connectivity index (χ1n) is 22.7. The molecule has 2 aromatic carbocycles. The second-order valence-corrected chi connectivity index (χ2v) is 17.0. The predicted molar refractivity (Wildman–Crippen MR) is 231 cm³/mol. The minimum atomic E-state index is -1.99. The molecule has 10 atom stereocenters. The zero-order chi connectivity index (χ0) is 45.6. The number of aliphatic hydroxyl groups is 6. The standard InChI is InChI=1S/C46H69NO16/c1-3-4-5-6-7-8-9-10-11-12-13-14-15-16-17-18-21-47-24-28-30(49)23-32(51)34-37(54)44(42(62-43(28)34)27-19-20-29(48)31(50)22-27)63-46-41(58)39(56)36(53)33(61-46)25-59-45-40(57)38(55)35(52)26(2)60-45/h19-20,22-23,26,33,35-36,38-41,45-53,55-58H,3-18,21,24-25H2,1-2H3. The first-order valence-corrected chi connectivity index (χ1v) is 22.7. The van der Waals surface area contributed by atoms with Crippen LogP contribution in [0.5, 0.6) is 28.7 Å². The minimum Gasteiger partial charge on any atom is -0.507 e. The van der Waals surface area contributed by atoms with Crippen LogP contribution in [0.1, 0.15) is 122 Å². The van der Waals surface area contributed by atoms with Gasteiger partial charge in [-0.25, -0.2) is 0 Å². The number of aliphatic hydroxyl groups excluding tert-OH is 6. The Morgan fingerprint density at radius 2 is 1.19 bits per heavy atom. The van der Waals surface area contributed by atoms with Gasteiger partial charge in [-0.3, -0.25) is 4.79 Å². The number of ether oxygens (including phenoxy) is 4. The van der Waals surface area contributed by atoms with Crippen LogP contribution < -0.4 is 15.5 Å². The van der Waals surface area contributed by atoms with Gasteiger partial charge in [-0.2, -0.15) is 0 Å². The monoisotopic (exact) mass is 891 g/mol. The van der Waals surface area contributed by atoms with Crippen molar-refractivity contribution in [2.45, 2.75) is 185 Å². The molecule has 1 aromatic heterocycles. The van der Waals surface area contributed by atoms with Gasteiger partial charge in [0.1, 0.15) is 59.6 Å². The van der Waals surface area contributed by atoms with Gasteiger partial charge in [0.25, 0.3) is 0 Å². The number of nitrogens with one attached hydrogen (secondary N) is 1. The van der Waals surface area contributed by atoms with Crippen molar-refractivity contribution in [1.82, 2.24) is 5.32 Å².